The van der Waals surface area contributed by atoms with Crippen LogP contribution in [-0.2, 0) is 7.05 Å². The Hall–Kier alpha value is -2.26. The summed E-state index contributed by atoms with van der Waals surface area (Å²) >= 11 is 0. The second kappa shape index (κ2) is 4.69. The molecule has 20 heavy (non-hydrogen) atoms. The van der Waals surface area contributed by atoms with Crippen molar-refractivity contribution in [3.05, 3.63) is 54.8 Å². The highest BCUT2D eigenvalue weighted by molar-refractivity contribution is 6.05. The van der Waals surface area contributed by atoms with Crippen LogP contribution in [0.2, 0.25) is 0 Å². The molecule has 2 aromatic heterocycles. The Labute approximate surface area is 122 Å². The van der Waals surface area contributed by atoms with E-state index >= 15 is 0 Å². The lowest BCUT2D eigenvalue weighted by Crippen LogP contribution is -1.90. The molecule has 0 fully saturated rings. The minimum Gasteiger partial charge on any atom is -0.461 e. The fraction of sp³-hybridized carbons (Fsp3) is 0.0625. The predicted octanol–water partition coefficient (Wildman–Crippen LogP) is 4.41. The molecule has 0 bridgehead atoms. The van der Waals surface area contributed by atoms with E-state index in [0.717, 1.165) is 22.6 Å². The number of hydrogen-bond donors (Lipinski definition) is 0. The van der Waals surface area contributed by atoms with Crippen LogP contribution in [-0.4, -0.2) is 9.55 Å². The molecular formula is C16H13ClN2O. The second-order valence-electron chi connectivity index (χ2n) is 4.63. The van der Waals surface area contributed by atoms with Crippen molar-refractivity contribution in [2.75, 3.05) is 0 Å². The van der Waals surface area contributed by atoms with Crippen LogP contribution in [0.5, 0.6) is 0 Å². The molecular weight excluding hydrogens is 272 g/mol. The predicted molar refractivity (Wildman–Crippen MR) is 83.2 cm³/mol. The molecule has 0 saturated carbocycles. The largest absolute Gasteiger partial charge is 0.461 e. The van der Waals surface area contributed by atoms with E-state index in [1.165, 1.54) is 10.8 Å². The third kappa shape index (κ3) is 1.71. The van der Waals surface area contributed by atoms with Gasteiger partial charge in [0.25, 0.3) is 0 Å². The van der Waals surface area contributed by atoms with Crippen LogP contribution in [0, 0.1) is 0 Å². The van der Waals surface area contributed by atoms with Gasteiger partial charge in [0, 0.05) is 12.4 Å². The van der Waals surface area contributed by atoms with E-state index in [4.69, 9.17) is 9.40 Å². The summed E-state index contributed by atoms with van der Waals surface area (Å²) < 4.78 is 7.53. The van der Waals surface area contributed by atoms with Crippen molar-refractivity contribution in [1.29, 1.82) is 0 Å². The SMILES string of the molecule is Cl.Cn1c(-c2ccco2)nc2c3ccccc3ccc21. The quantitative estimate of drug-likeness (QED) is 0.518. The first kappa shape index (κ1) is 12.8. The number of nitrogens with zero attached hydrogens (tertiary/aromatic N) is 2. The van der Waals surface area contributed by atoms with Crippen LogP contribution in [0.15, 0.2) is 59.2 Å². The van der Waals surface area contributed by atoms with Gasteiger partial charge in [-0.25, -0.2) is 4.98 Å². The Kier molecular flexibility index (Phi) is 2.99. The van der Waals surface area contributed by atoms with E-state index in [1.807, 2.05) is 31.3 Å². The molecule has 0 aliphatic heterocycles. The average Bonchev–Trinajstić information content (AvgIpc) is 3.07. The van der Waals surface area contributed by atoms with Crippen molar-refractivity contribution in [1.82, 2.24) is 9.55 Å². The van der Waals surface area contributed by atoms with Crippen LogP contribution in [0.1, 0.15) is 0 Å². The van der Waals surface area contributed by atoms with Gasteiger partial charge < -0.3 is 8.98 Å². The Balaban J connectivity index is 0.00000121. The number of halogens is 1. The highest BCUT2D eigenvalue weighted by Gasteiger charge is 2.13. The van der Waals surface area contributed by atoms with Gasteiger partial charge in [0.2, 0.25) is 0 Å². The maximum atomic E-state index is 5.46. The maximum absolute atomic E-state index is 5.46. The molecule has 2 aromatic carbocycles. The highest BCUT2D eigenvalue weighted by Crippen LogP contribution is 2.29. The molecule has 4 heteroatoms. The molecule has 100 valence electrons. The zero-order chi connectivity index (χ0) is 12.8. The molecule has 2 heterocycles. The first-order chi connectivity index (χ1) is 9.34. The number of benzene rings is 2. The molecule has 0 aliphatic carbocycles. The summed E-state index contributed by atoms with van der Waals surface area (Å²) in [5, 5.41) is 2.38. The molecule has 0 radical (unpaired) electrons. The number of rotatable bonds is 1. The number of imidazole rings is 1. The second-order valence-corrected chi connectivity index (χ2v) is 4.63. The number of furan rings is 1. The van der Waals surface area contributed by atoms with E-state index in [-0.39, 0.29) is 12.4 Å². The fourth-order valence-corrected chi connectivity index (χ4v) is 2.55. The number of aryl methyl sites for hydroxylation is 1. The highest BCUT2D eigenvalue weighted by atomic mass is 35.5. The number of aromatic nitrogens is 2. The van der Waals surface area contributed by atoms with Gasteiger partial charge in [-0.3, -0.25) is 0 Å². The van der Waals surface area contributed by atoms with Crippen LogP contribution >= 0.6 is 12.4 Å². The molecule has 0 N–H and O–H groups in total. The summed E-state index contributed by atoms with van der Waals surface area (Å²) in [6.07, 6.45) is 1.67. The van der Waals surface area contributed by atoms with Gasteiger partial charge in [-0.2, -0.15) is 0 Å². The van der Waals surface area contributed by atoms with Crippen LogP contribution in [0.4, 0.5) is 0 Å². The Bertz CT molecular complexity index is 878. The minimum atomic E-state index is 0. The fourth-order valence-electron chi connectivity index (χ4n) is 2.55. The standard InChI is InChI=1S/C16H12N2O.ClH/c1-18-13-9-8-11-5-2-3-6-12(11)15(13)17-16(18)14-7-4-10-19-14;/h2-10H,1H3;1H. The minimum absolute atomic E-state index is 0. The molecule has 0 spiro atoms. The maximum Gasteiger partial charge on any atom is 0.176 e. The molecule has 0 unspecified atom stereocenters. The van der Waals surface area contributed by atoms with Gasteiger partial charge >= 0.3 is 0 Å². The van der Waals surface area contributed by atoms with Crippen molar-refractivity contribution in [3.8, 4) is 11.6 Å². The van der Waals surface area contributed by atoms with E-state index in [9.17, 15) is 0 Å². The first-order valence-corrected chi connectivity index (χ1v) is 6.22. The molecule has 0 saturated heterocycles. The summed E-state index contributed by atoms with van der Waals surface area (Å²) in [6.45, 7) is 0. The lowest BCUT2D eigenvalue weighted by molar-refractivity contribution is 0.574. The summed E-state index contributed by atoms with van der Waals surface area (Å²) in [5.41, 5.74) is 2.14. The monoisotopic (exact) mass is 284 g/mol. The van der Waals surface area contributed by atoms with Crippen molar-refractivity contribution >= 4 is 34.2 Å². The zero-order valence-electron chi connectivity index (χ0n) is 10.9. The lowest BCUT2D eigenvalue weighted by atomic mass is 10.1. The van der Waals surface area contributed by atoms with Gasteiger partial charge in [0.1, 0.15) is 0 Å². The van der Waals surface area contributed by atoms with Crippen LogP contribution in [0.3, 0.4) is 0 Å². The topological polar surface area (TPSA) is 31.0 Å². The zero-order valence-corrected chi connectivity index (χ0v) is 11.7. The van der Waals surface area contributed by atoms with Crippen LogP contribution < -0.4 is 0 Å². The van der Waals surface area contributed by atoms with Crippen molar-refractivity contribution < 1.29 is 4.42 Å². The summed E-state index contributed by atoms with van der Waals surface area (Å²) in [7, 11) is 2.02. The van der Waals surface area contributed by atoms with Crippen molar-refractivity contribution in [3.63, 3.8) is 0 Å². The number of fused-ring (bicyclic) bond motifs is 3. The van der Waals surface area contributed by atoms with Crippen molar-refractivity contribution in [2.24, 2.45) is 7.05 Å². The van der Waals surface area contributed by atoms with Gasteiger partial charge in [-0.15, -0.1) is 12.4 Å². The Morgan fingerprint density at radius 3 is 2.65 bits per heavy atom. The summed E-state index contributed by atoms with van der Waals surface area (Å²) in [6, 6.07) is 16.4. The normalized spacial score (nSPS) is 10.8. The van der Waals surface area contributed by atoms with E-state index in [1.54, 1.807) is 6.26 Å². The first-order valence-electron chi connectivity index (χ1n) is 6.22. The molecule has 0 amide bonds. The average molecular weight is 285 g/mol. The van der Waals surface area contributed by atoms with Gasteiger partial charge in [-0.05, 0) is 23.6 Å². The van der Waals surface area contributed by atoms with E-state index in [0.29, 0.717) is 0 Å². The molecule has 4 rings (SSSR count). The van der Waals surface area contributed by atoms with Crippen LogP contribution in [0.25, 0.3) is 33.4 Å². The third-order valence-corrected chi connectivity index (χ3v) is 3.52. The molecule has 0 atom stereocenters. The number of hydrogen-bond acceptors (Lipinski definition) is 2. The molecule has 4 aromatic rings. The summed E-state index contributed by atoms with van der Waals surface area (Å²) in [4.78, 5) is 4.75. The van der Waals surface area contributed by atoms with Gasteiger partial charge in [0.15, 0.2) is 11.6 Å². The Morgan fingerprint density at radius 1 is 1.00 bits per heavy atom. The third-order valence-electron chi connectivity index (χ3n) is 3.52. The van der Waals surface area contributed by atoms with Gasteiger partial charge in [0.05, 0.1) is 17.3 Å². The van der Waals surface area contributed by atoms with Crippen molar-refractivity contribution in [2.45, 2.75) is 0 Å². The summed E-state index contributed by atoms with van der Waals surface area (Å²) in [5.74, 6) is 1.65. The smallest absolute Gasteiger partial charge is 0.176 e. The van der Waals surface area contributed by atoms with E-state index in [2.05, 4.69) is 28.8 Å². The molecule has 3 nitrogen and oxygen atoms in total. The van der Waals surface area contributed by atoms with Gasteiger partial charge in [-0.1, -0.05) is 30.3 Å². The molecule has 0 aliphatic rings. The lowest BCUT2D eigenvalue weighted by Gasteiger charge is -2.00. The van der Waals surface area contributed by atoms with E-state index < -0.39 is 0 Å². The Morgan fingerprint density at radius 2 is 1.85 bits per heavy atom.